The second-order valence-corrected chi connectivity index (χ2v) is 6.03. The fourth-order valence-corrected chi connectivity index (χ4v) is 2.50. The first-order valence-corrected chi connectivity index (χ1v) is 8.81. The second kappa shape index (κ2) is 14.1. The summed E-state index contributed by atoms with van der Waals surface area (Å²) >= 11 is 0. The van der Waals surface area contributed by atoms with Gasteiger partial charge in [0.05, 0.1) is 0 Å². The maximum atomic E-state index is 11.0. The largest absolute Gasteiger partial charge is 0.366 e. The number of nitrogens with zero attached hydrogens (tertiary/aromatic N) is 1. The Hall–Kier alpha value is -0.830. The third kappa shape index (κ3) is 12.6. The van der Waals surface area contributed by atoms with Gasteiger partial charge in [-0.05, 0) is 45.3 Å². The average molecular weight is 296 g/mol. The summed E-state index contributed by atoms with van der Waals surface area (Å²) in [6, 6.07) is 0. The minimum absolute atomic E-state index is 0.354. The SMILES string of the molecule is C=C(CCCN(CCCCCC)CCCCCC)C(N)=O. The van der Waals surface area contributed by atoms with Crippen LogP contribution in [0.25, 0.3) is 0 Å². The smallest absolute Gasteiger partial charge is 0.244 e. The van der Waals surface area contributed by atoms with Crippen molar-refractivity contribution >= 4 is 5.91 Å². The van der Waals surface area contributed by atoms with E-state index in [2.05, 4.69) is 25.3 Å². The molecule has 3 nitrogen and oxygen atoms in total. The zero-order valence-electron chi connectivity index (χ0n) is 14.3. The molecule has 0 unspecified atom stereocenters. The number of rotatable bonds is 15. The van der Waals surface area contributed by atoms with Crippen molar-refractivity contribution < 1.29 is 4.79 Å². The monoisotopic (exact) mass is 296 g/mol. The number of carbonyl (C=O) groups is 1. The van der Waals surface area contributed by atoms with Gasteiger partial charge in [-0.1, -0.05) is 59.0 Å². The van der Waals surface area contributed by atoms with Gasteiger partial charge < -0.3 is 10.6 Å². The molecule has 0 aromatic carbocycles. The van der Waals surface area contributed by atoms with Crippen LogP contribution < -0.4 is 5.73 Å². The molecule has 0 aromatic heterocycles. The van der Waals surface area contributed by atoms with Crippen LogP contribution in [-0.2, 0) is 4.79 Å². The molecule has 0 aliphatic carbocycles. The molecule has 1 amide bonds. The van der Waals surface area contributed by atoms with Gasteiger partial charge in [0, 0.05) is 5.57 Å². The van der Waals surface area contributed by atoms with Gasteiger partial charge in [-0.3, -0.25) is 4.79 Å². The third-order valence-electron chi connectivity index (χ3n) is 3.96. The Morgan fingerprint density at radius 1 is 0.857 bits per heavy atom. The normalized spacial score (nSPS) is 11.0. The highest BCUT2D eigenvalue weighted by molar-refractivity contribution is 5.91. The predicted octanol–water partition coefficient (Wildman–Crippen LogP) is 4.27. The molecule has 0 radical (unpaired) electrons. The van der Waals surface area contributed by atoms with Crippen LogP contribution in [0.15, 0.2) is 12.2 Å². The molecule has 0 spiro atoms. The first-order valence-electron chi connectivity index (χ1n) is 8.81. The van der Waals surface area contributed by atoms with Gasteiger partial charge in [-0.25, -0.2) is 0 Å². The van der Waals surface area contributed by atoms with E-state index in [9.17, 15) is 4.79 Å². The van der Waals surface area contributed by atoms with Gasteiger partial charge >= 0.3 is 0 Å². The number of hydrogen-bond acceptors (Lipinski definition) is 2. The van der Waals surface area contributed by atoms with E-state index >= 15 is 0 Å². The van der Waals surface area contributed by atoms with E-state index in [0.717, 1.165) is 19.4 Å². The molecule has 21 heavy (non-hydrogen) atoms. The van der Waals surface area contributed by atoms with E-state index in [1.165, 1.54) is 64.5 Å². The summed E-state index contributed by atoms with van der Waals surface area (Å²) in [6.07, 6.45) is 12.2. The Balaban J connectivity index is 3.92. The van der Waals surface area contributed by atoms with Crippen molar-refractivity contribution in [1.29, 1.82) is 0 Å². The van der Waals surface area contributed by atoms with Crippen LogP contribution in [0.5, 0.6) is 0 Å². The molecule has 0 fully saturated rings. The number of primary amides is 1. The number of unbranched alkanes of at least 4 members (excludes halogenated alkanes) is 6. The first kappa shape index (κ1) is 20.2. The van der Waals surface area contributed by atoms with E-state index < -0.39 is 0 Å². The van der Waals surface area contributed by atoms with E-state index in [1.807, 2.05) is 0 Å². The van der Waals surface area contributed by atoms with Crippen molar-refractivity contribution in [1.82, 2.24) is 4.90 Å². The Morgan fingerprint density at radius 2 is 1.33 bits per heavy atom. The Labute approximate surface area is 132 Å². The molecule has 0 aliphatic rings. The number of carbonyl (C=O) groups excluding carboxylic acids is 1. The summed E-state index contributed by atoms with van der Waals surface area (Å²) in [5.41, 5.74) is 5.79. The van der Waals surface area contributed by atoms with Crippen molar-refractivity contribution in [3.05, 3.63) is 12.2 Å². The van der Waals surface area contributed by atoms with Gasteiger partial charge in [0.25, 0.3) is 0 Å². The minimum Gasteiger partial charge on any atom is -0.366 e. The highest BCUT2D eigenvalue weighted by Gasteiger charge is 2.06. The first-order chi connectivity index (χ1) is 10.1. The van der Waals surface area contributed by atoms with Crippen LogP contribution in [0.3, 0.4) is 0 Å². The van der Waals surface area contributed by atoms with E-state index in [-0.39, 0.29) is 5.91 Å². The van der Waals surface area contributed by atoms with Crippen molar-refractivity contribution in [2.24, 2.45) is 5.73 Å². The lowest BCUT2D eigenvalue weighted by atomic mass is 10.1. The maximum absolute atomic E-state index is 11.0. The summed E-state index contributed by atoms with van der Waals surface area (Å²) < 4.78 is 0. The molecule has 2 N–H and O–H groups in total. The van der Waals surface area contributed by atoms with Gasteiger partial charge in [-0.15, -0.1) is 0 Å². The molecule has 0 heterocycles. The molecule has 0 saturated heterocycles. The number of hydrogen-bond donors (Lipinski definition) is 1. The average Bonchev–Trinajstić information content (AvgIpc) is 2.46. The topological polar surface area (TPSA) is 46.3 Å². The van der Waals surface area contributed by atoms with Crippen LogP contribution in [0.1, 0.15) is 78.1 Å². The van der Waals surface area contributed by atoms with Gasteiger partial charge in [0.15, 0.2) is 0 Å². The predicted molar refractivity (Wildman–Crippen MR) is 92.3 cm³/mol. The molecule has 3 heteroatoms. The Bertz CT molecular complexity index is 264. The summed E-state index contributed by atoms with van der Waals surface area (Å²) in [5.74, 6) is -0.354. The van der Waals surface area contributed by atoms with Gasteiger partial charge in [-0.2, -0.15) is 0 Å². The number of nitrogens with two attached hydrogens (primary N) is 1. The Kier molecular flexibility index (Phi) is 13.6. The summed E-state index contributed by atoms with van der Waals surface area (Å²) in [4.78, 5) is 13.5. The summed E-state index contributed by atoms with van der Waals surface area (Å²) in [7, 11) is 0. The van der Waals surface area contributed by atoms with Crippen molar-refractivity contribution in [2.75, 3.05) is 19.6 Å². The van der Waals surface area contributed by atoms with Crippen LogP contribution in [0, 0.1) is 0 Å². The highest BCUT2D eigenvalue weighted by atomic mass is 16.1. The molecule has 0 bridgehead atoms. The van der Waals surface area contributed by atoms with Crippen LogP contribution in [0.2, 0.25) is 0 Å². The second-order valence-electron chi connectivity index (χ2n) is 6.03. The summed E-state index contributed by atoms with van der Waals surface area (Å²) in [6.45, 7) is 11.7. The standard InChI is InChI=1S/C18H36N2O/c1-4-6-8-10-14-20(15-11-9-7-5-2)16-12-13-17(3)18(19)21/h3-16H2,1-2H3,(H2,19,21). The fourth-order valence-electron chi connectivity index (χ4n) is 2.50. The number of amides is 1. The third-order valence-corrected chi connectivity index (χ3v) is 3.96. The van der Waals surface area contributed by atoms with Crippen LogP contribution >= 0.6 is 0 Å². The maximum Gasteiger partial charge on any atom is 0.244 e. The molecular formula is C18H36N2O. The lowest BCUT2D eigenvalue weighted by molar-refractivity contribution is -0.114. The van der Waals surface area contributed by atoms with Crippen molar-refractivity contribution in [3.63, 3.8) is 0 Å². The van der Waals surface area contributed by atoms with Gasteiger partial charge in [0.1, 0.15) is 0 Å². The van der Waals surface area contributed by atoms with E-state index in [0.29, 0.717) is 5.57 Å². The molecule has 124 valence electrons. The highest BCUT2D eigenvalue weighted by Crippen LogP contribution is 2.08. The lowest BCUT2D eigenvalue weighted by Gasteiger charge is -2.22. The zero-order chi connectivity index (χ0) is 15.9. The lowest BCUT2D eigenvalue weighted by Crippen LogP contribution is -2.27. The van der Waals surface area contributed by atoms with Gasteiger partial charge in [0.2, 0.25) is 5.91 Å². The molecule has 0 atom stereocenters. The fraction of sp³-hybridized carbons (Fsp3) is 0.833. The van der Waals surface area contributed by atoms with Crippen LogP contribution in [0.4, 0.5) is 0 Å². The summed E-state index contributed by atoms with van der Waals surface area (Å²) in [5, 5.41) is 0. The van der Waals surface area contributed by atoms with Crippen LogP contribution in [-0.4, -0.2) is 30.4 Å². The molecule has 0 saturated carbocycles. The van der Waals surface area contributed by atoms with E-state index in [4.69, 9.17) is 5.73 Å². The van der Waals surface area contributed by atoms with Crippen molar-refractivity contribution in [3.8, 4) is 0 Å². The molecule has 0 rings (SSSR count). The zero-order valence-corrected chi connectivity index (χ0v) is 14.3. The molecule has 0 aliphatic heterocycles. The quantitative estimate of drug-likeness (QED) is 0.362. The molecular weight excluding hydrogens is 260 g/mol. The Morgan fingerprint density at radius 3 is 1.76 bits per heavy atom. The minimum atomic E-state index is -0.354. The van der Waals surface area contributed by atoms with E-state index in [1.54, 1.807) is 0 Å². The molecule has 0 aromatic rings. The van der Waals surface area contributed by atoms with Crippen molar-refractivity contribution in [2.45, 2.75) is 78.1 Å².